The van der Waals surface area contributed by atoms with E-state index in [0.717, 1.165) is 60.3 Å². The summed E-state index contributed by atoms with van der Waals surface area (Å²) in [7, 11) is 0. The average molecular weight is 479 g/mol. The normalized spacial score (nSPS) is 10.5. The Morgan fingerprint density at radius 3 is 1.91 bits per heavy atom. The summed E-state index contributed by atoms with van der Waals surface area (Å²) in [5, 5.41) is 8.76. The SMILES string of the molecule is O=C(O)CCCCCCCOc1nc(-c2ccccc2)c(-c2ccccc2)n1-c1ccccc1.[NaH]. The summed E-state index contributed by atoms with van der Waals surface area (Å²) in [6, 6.07) is 31.3. The van der Waals surface area contributed by atoms with E-state index in [9.17, 15) is 4.79 Å². The molecule has 1 N–H and O–H groups in total. The van der Waals surface area contributed by atoms with Gasteiger partial charge < -0.3 is 9.84 Å². The molecule has 0 aliphatic rings. The van der Waals surface area contributed by atoms with Gasteiger partial charge in [0.25, 0.3) is 0 Å². The zero-order valence-electron chi connectivity index (χ0n) is 19.3. The Morgan fingerprint density at radius 1 is 0.743 bits per heavy atom. The number of carboxylic acids is 1. The minimum absolute atomic E-state index is 0. The fourth-order valence-electron chi connectivity index (χ4n) is 4.04. The third-order valence-electron chi connectivity index (χ3n) is 5.72. The molecule has 6 heteroatoms. The van der Waals surface area contributed by atoms with Gasteiger partial charge in [0.15, 0.2) is 0 Å². The zero-order valence-corrected chi connectivity index (χ0v) is 19.3. The van der Waals surface area contributed by atoms with Crippen molar-refractivity contribution < 1.29 is 14.6 Å². The first-order valence-electron chi connectivity index (χ1n) is 11.9. The van der Waals surface area contributed by atoms with E-state index in [1.165, 1.54) is 0 Å². The third kappa shape index (κ3) is 7.31. The van der Waals surface area contributed by atoms with Crippen LogP contribution in [0.25, 0.3) is 28.2 Å². The summed E-state index contributed by atoms with van der Waals surface area (Å²) in [6.07, 6.45) is 4.82. The van der Waals surface area contributed by atoms with E-state index in [1.54, 1.807) is 0 Å². The second-order valence-corrected chi connectivity index (χ2v) is 8.25. The van der Waals surface area contributed by atoms with Crippen LogP contribution in [0.1, 0.15) is 38.5 Å². The number of rotatable bonds is 12. The number of benzene rings is 3. The molecule has 0 aliphatic heterocycles. The number of carboxylic acid groups (broad SMARTS) is 1. The summed E-state index contributed by atoms with van der Waals surface area (Å²) < 4.78 is 8.36. The van der Waals surface area contributed by atoms with Gasteiger partial charge in [0.05, 0.1) is 18.0 Å². The van der Waals surface area contributed by atoms with Crippen molar-refractivity contribution in [2.24, 2.45) is 0 Å². The van der Waals surface area contributed by atoms with Gasteiger partial charge in [-0.15, -0.1) is 0 Å². The molecule has 0 saturated heterocycles. The molecule has 0 radical (unpaired) electrons. The van der Waals surface area contributed by atoms with Crippen molar-refractivity contribution in [3.05, 3.63) is 91.0 Å². The van der Waals surface area contributed by atoms with Gasteiger partial charge in [-0.3, -0.25) is 9.36 Å². The Hall–Kier alpha value is -2.86. The van der Waals surface area contributed by atoms with E-state index < -0.39 is 5.97 Å². The Morgan fingerprint density at radius 2 is 1.29 bits per heavy atom. The molecule has 0 bridgehead atoms. The van der Waals surface area contributed by atoms with Crippen molar-refractivity contribution in [1.29, 1.82) is 0 Å². The van der Waals surface area contributed by atoms with Crippen LogP contribution in [0.5, 0.6) is 6.01 Å². The molecule has 0 spiro atoms. The van der Waals surface area contributed by atoms with Crippen molar-refractivity contribution in [2.45, 2.75) is 38.5 Å². The first-order chi connectivity index (χ1) is 16.7. The number of unbranched alkanes of at least 4 members (excludes halogenated alkanes) is 4. The topological polar surface area (TPSA) is 64.3 Å². The third-order valence-corrected chi connectivity index (χ3v) is 5.72. The first-order valence-corrected chi connectivity index (χ1v) is 11.9. The summed E-state index contributed by atoms with van der Waals surface area (Å²) in [5.74, 6) is -0.723. The Labute approximate surface area is 229 Å². The first kappa shape index (κ1) is 26.7. The van der Waals surface area contributed by atoms with Gasteiger partial charge >= 0.3 is 41.5 Å². The van der Waals surface area contributed by atoms with Crippen LogP contribution in [0, 0.1) is 0 Å². The molecule has 1 heterocycles. The second kappa shape index (κ2) is 13.9. The number of para-hydroxylation sites is 1. The standard InChI is InChI=1S/C29H30N2O3.Na.H/c32-26(33)21-13-2-1-3-14-22-34-29-30-27(23-15-7-4-8-16-23)28(24-17-9-5-10-18-24)31(29)25-19-11-6-12-20-25;;/h4-12,15-20H,1-3,13-14,21-22H2,(H,32,33);;. The van der Waals surface area contributed by atoms with Crippen molar-refractivity contribution >= 4 is 35.5 Å². The van der Waals surface area contributed by atoms with E-state index in [0.29, 0.717) is 12.6 Å². The quantitative estimate of drug-likeness (QED) is 0.190. The van der Waals surface area contributed by atoms with Crippen LogP contribution in [0.2, 0.25) is 0 Å². The van der Waals surface area contributed by atoms with Gasteiger partial charge in [0.1, 0.15) is 5.69 Å². The molecule has 0 aliphatic carbocycles. The van der Waals surface area contributed by atoms with E-state index in [4.69, 9.17) is 14.8 Å². The van der Waals surface area contributed by atoms with Crippen LogP contribution >= 0.6 is 0 Å². The molecule has 4 rings (SSSR count). The van der Waals surface area contributed by atoms with Crippen LogP contribution < -0.4 is 4.74 Å². The van der Waals surface area contributed by atoms with Crippen molar-refractivity contribution in [1.82, 2.24) is 9.55 Å². The van der Waals surface area contributed by atoms with Crippen LogP contribution in [0.3, 0.4) is 0 Å². The van der Waals surface area contributed by atoms with Crippen LogP contribution in [-0.2, 0) is 4.79 Å². The number of carbonyl (C=O) groups is 1. The van der Waals surface area contributed by atoms with Gasteiger partial charge in [-0.1, -0.05) is 98.1 Å². The molecular formula is C29H31N2NaO3. The number of ether oxygens (including phenoxy) is 1. The molecule has 5 nitrogen and oxygen atoms in total. The number of aromatic nitrogens is 2. The maximum absolute atomic E-state index is 10.6. The van der Waals surface area contributed by atoms with Crippen molar-refractivity contribution in [3.8, 4) is 34.2 Å². The Balaban J connectivity index is 0.00000342. The molecule has 0 atom stereocenters. The average Bonchev–Trinajstić information content (AvgIpc) is 3.26. The van der Waals surface area contributed by atoms with Gasteiger partial charge in [-0.05, 0) is 25.0 Å². The summed E-state index contributed by atoms with van der Waals surface area (Å²) >= 11 is 0. The molecule has 0 amide bonds. The molecule has 1 aromatic heterocycles. The Bertz CT molecular complexity index is 1180. The number of nitrogens with zero attached hydrogens (tertiary/aromatic N) is 2. The summed E-state index contributed by atoms with van der Waals surface area (Å²) in [4.78, 5) is 15.6. The Kier molecular flexibility index (Phi) is 10.6. The van der Waals surface area contributed by atoms with E-state index in [-0.39, 0.29) is 36.0 Å². The number of hydrogen-bond acceptors (Lipinski definition) is 3. The van der Waals surface area contributed by atoms with Crippen LogP contribution in [0.4, 0.5) is 0 Å². The monoisotopic (exact) mass is 478 g/mol. The summed E-state index contributed by atoms with van der Waals surface area (Å²) in [6.45, 7) is 0.561. The fraction of sp³-hybridized carbons (Fsp3) is 0.241. The number of imidazole rings is 1. The molecule has 3 aromatic carbocycles. The predicted molar refractivity (Wildman–Crippen MR) is 142 cm³/mol. The molecular weight excluding hydrogens is 447 g/mol. The molecule has 0 saturated carbocycles. The van der Waals surface area contributed by atoms with Gasteiger partial charge in [-0.25, -0.2) is 0 Å². The number of hydrogen-bond donors (Lipinski definition) is 1. The van der Waals surface area contributed by atoms with Gasteiger partial charge in [0, 0.05) is 17.5 Å². The van der Waals surface area contributed by atoms with Crippen LogP contribution in [0.15, 0.2) is 91.0 Å². The molecule has 35 heavy (non-hydrogen) atoms. The molecule has 176 valence electrons. The van der Waals surface area contributed by atoms with Gasteiger partial charge in [0.2, 0.25) is 0 Å². The predicted octanol–water partition coefficient (Wildman–Crippen LogP) is 6.36. The van der Waals surface area contributed by atoms with E-state index in [2.05, 4.69) is 41.0 Å². The summed E-state index contributed by atoms with van der Waals surface area (Å²) in [5.41, 5.74) is 5.01. The van der Waals surface area contributed by atoms with Crippen molar-refractivity contribution in [3.63, 3.8) is 0 Å². The molecule has 4 aromatic rings. The van der Waals surface area contributed by atoms with Crippen molar-refractivity contribution in [2.75, 3.05) is 6.61 Å². The molecule has 0 fully saturated rings. The zero-order chi connectivity index (χ0) is 23.6. The second-order valence-electron chi connectivity index (χ2n) is 8.25. The van der Waals surface area contributed by atoms with E-state index in [1.807, 2.05) is 54.6 Å². The number of aliphatic carboxylic acids is 1. The minimum atomic E-state index is -0.723. The fourth-order valence-corrected chi connectivity index (χ4v) is 4.04. The molecule has 0 unspecified atom stereocenters. The maximum atomic E-state index is 10.6. The van der Waals surface area contributed by atoms with E-state index >= 15 is 0 Å². The van der Waals surface area contributed by atoms with Crippen LogP contribution in [-0.4, -0.2) is 56.8 Å². The van der Waals surface area contributed by atoms with Gasteiger partial charge in [-0.2, -0.15) is 4.98 Å².